The molecule has 1 fully saturated rings. The molecule has 1 aromatic rings. The van der Waals surface area contributed by atoms with Crippen LogP contribution in [0.25, 0.3) is 0 Å². The molecule has 25 heavy (non-hydrogen) atoms. The second kappa shape index (κ2) is 9.25. The second-order valence-corrected chi connectivity index (χ2v) is 8.57. The number of aliphatic hydroxyl groups excluding tert-OH is 1. The van der Waals surface area contributed by atoms with E-state index in [4.69, 9.17) is 16.3 Å². The van der Waals surface area contributed by atoms with Gasteiger partial charge in [0.1, 0.15) is 25.0 Å². The maximum Gasteiger partial charge on any atom is 0.137 e. The Morgan fingerprint density at radius 2 is 2.00 bits per heavy atom. The van der Waals surface area contributed by atoms with E-state index in [-0.39, 0.29) is 0 Å². The van der Waals surface area contributed by atoms with E-state index in [0.717, 1.165) is 27.8 Å². The van der Waals surface area contributed by atoms with Gasteiger partial charge in [0.15, 0.2) is 0 Å². The largest absolute Gasteiger partial charge is 0.490 e. The monoisotopic (exact) mass is 368 g/mol. The van der Waals surface area contributed by atoms with Crippen molar-refractivity contribution in [1.29, 1.82) is 0 Å². The number of quaternary nitrogens is 1. The van der Waals surface area contributed by atoms with E-state index in [1.807, 2.05) is 19.1 Å². The number of rotatable bonds is 7. The summed E-state index contributed by atoms with van der Waals surface area (Å²) in [6, 6.07) is 4.60. The molecule has 0 aromatic heterocycles. The normalized spacial score (nSPS) is 25.2. The molecule has 0 spiro atoms. The number of aryl methyl sites for hydroxylation is 1. The first-order valence-electron chi connectivity index (χ1n) is 9.73. The number of benzene rings is 1. The highest BCUT2D eigenvalue weighted by Crippen LogP contribution is 2.32. The topological polar surface area (TPSA) is 46.1 Å². The van der Waals surface area contributed by atoms with Gasteiger partial charge in [-0.3, -0.25) is 0 Å². The van der Waals surface area contributed by atoms with Crippen LogP contribution in [0.5, 0.6) is 5.75 Å². The average Bonchev–Trinajstić information content (AvgIpc) is 2.56. The number of nitrogens with two attached hydrogens (primary N) is 1. The third-order valence-corrected chi connectivity index (χ3v) is 6.23. The van der Waals surface area contributed by atoms with E-state index in [1.54, 1.807) is 0 Å². The Bertz CT molecular complexity index is 561. The lowest BCUT2D eigenvalue weighted by molar-refractivity contribution is -0.704. The van der Waals surface area contributed by atoms with Gasteiger partial charge in [0, 0.05) is 10.9 Å². The Balaban J connectivity index is 1.87. The van der Waals surface area contributed by atoms with Crippen molar-refractivity contribution in [1.82, 2.24) is 0 Å². The maximum absolute atomic E-state index is 10.4. The smallest absolute Gasteiger partial charge is 0.137 e. The van der Waals surface area contributed by atoms with Gasteiger partial charge in [-0.05, 0) is 61.3 Å². The number of hydrogen-bond acceptors (Lipinski definition) is 2. The van der Waals surface area contributed by atoms with Gasteiger partial charge in [0.25, 0.3) is 0 Å². The predicted octanol–water partition coefficient (Wildman–Crippen LogP) is 3.90. The Kier molecular flexibility index (Phi) is 7.60. The van der Waals surface area contributed by atoms with E-state index >= 15 is 0 Å². The van der Waals surface area contributed by atoms with Gasteiger partial charge in [-0.1, -0.05) is 39.3 Å². The lowest BCUT2D eigenvalue weighted by Crippen LogP contribution is -2.93. The first-order chi connectivity index (χ1) is 11.8. The number of aliphatic hydroxyl groups is 1. The highest BCUT2D eigenvalue weighted by atomic mass is 35.5. The molecule has 2 rings (SSSR count). The lowest BCUT2D eigenvalue weighted by atomic mass is 9.78. The van der Waals surface area contributed by atoms with Crippen LogP contribution < -0.4 is 10.1 Å². The first-order valence-corrected chi connectivity index (χ1v) is 10.1. The summed E-state index contributed by atoms with van der Waals surface area (Å²) >= 11 is 6.24. The zero-order valence-corrected chi connectivity index (χ0v) is 17.1. The van der Waals surface area contributed by atoms with Crippen molar-refractivity contribution in [3.63, 3.8) is 0 Å². The van der Waals surface area contributed by atoms with Crippen LogP contribution in [0.3, 0.4) is 0 Å². The van der Waals surface area contributed by atoms with E-state index < -0.39 is 6.10 Å². The summed E-state index contributed by atoms with van der Waals surface area (Å²) in [7, 11) is 0. The van der Waals surface area contributed by atoms with Crippen LogP contribution >= 0.6 is 11.6 Å². The van der Waals surface area contributed by atoms with Crippen LogP contribution in [0.1, 0.15) is 64.0 Å². The van der Waals surface area contributed by atoms with Crippen molar-refractivity contribution in [2.75, 3.05) is 13.2 Å². The zero-order chi connectivity index (χ0) is 18.6. The Labute approximate surface area is 158 Å². The van der Waals surface area contributed by atoms with Crippen LogP contribution in [0, 0.1) is 18.8 Å². The van der Waals surface area contributed by atoms with Gasteiger partial charge in [-0.2, -0.15) is 0 Å². The van der Waals surface area contributed by atoms with Gasteiger partial charge in [-0.15, -0.1) is 0 Å². The van der Waals surface area contributed by atoms with Crippen LogP contribution in [-0.4, -0.2) is 30.4 Å². The molecule has 0 saturated heterocycles. The third-order valence-electron chi connectivity index (χ3n) is 5.83. The van der Waals surface area contributed by atoms with E-state index in [1.165, 1.54) is 19.3 Å². The molecule has 142 valence electrons. The van der Waals surface area contributed by atoms with Crippen molar-refractivity contribution in [2.45, 2.75) is 71.9 Å². The predicted molar refractivity (Wildman–Crippen MR) is 105 cm³/mol. The molecule has 0 bridgehead atoms. The molecule has 1 aliphatic carbocycles. The Morgan fingerprint density at radius 1 is 1.28 bits per heavy atom. The molecule has 0 aliphatic heterocycles. The van der Waals surface area contributed by atoms with Gasteiger partial charge in [0.2, 0.25) is 0 Å². The summed E-state index contributed by atoms with van der Waals surface area (Å²) < 4.78 is 5.96. The van der Waals surface area contributed by atoms with Gasteiger partial charge in [0.05, 0.1) is 6.04 Å². The lowest BCUT2D eigenvalue weighted by Gasteiger charge is -2.32. The average molecular weight is 369 g/mol. The van der Waals surface area contributed by atoms with E-state index in [9.17, 15) is 5.11 Å². The van der Waals surface area contributed by atoms with E-state index in [2.05, 4.69) is 33.0 Å². The van der Waals surface area contributed by atoms with E-state index in [0.29, 0.717) is 31.0 Å². The summed E-state index contributed by atoms with van der Waals surface area (Å²) in [5.74, 6) is 2.68. The van der Waals surface area contributed by atoms with Gasteiger partial charge >= 0.3 is 0 Å². The fourth-order valence-electron chi connectivity index (χ4n) is 3.79. The minimum Gasteiger partial charge on any atom is -0.490 e. The fraction of sp³-hybridized carbons (Fsp3) is 0.714. The molecule has 0 heterocycles. The summed E-state index contributed by atoms with van der Waals surface area (Å²) in [5, 5.41) is 13.5. The maximum atomic E-state index is 10.4. The van der Waals surface area contributed by atoms with Crippen molar-refractivity contribution >= 4 is 11.6 Å². The summed E-state index contributed by atoms with van der Waals surface area (Å²) in [5.41, 5.74) is 2.11. The highest BCUT2D eigenvalue weighted by molar-refractivity contribution is 6.31. The molecule has 1 aliphatic rings. The molecular formula is C21H35ClNO2+. The van der Waals surface area contributed by atoms with Crippen LogP contribution in [0.2, 0.25) is 5.02 Å². The first kappa shape index (κ1) is 20.5. The third kappa shape index (κ3) is 5.60. The van der Waals surface area contributed by atoms with Crippen molar-refractivity contribution in [2.24, 2.45) is 11.8 Å². The molecule has 1 saturated carbocycles. The minimum atomic E-state index is -0.458. The summed E-state index contributed by atoms with van der Waals surface area (Å²) in [4.78, 5) is 0. The summed E-state index contributed by atoms with van der Waals surface area (Å²) in [6.07, 6.45) is 3.44. The molecule has 3 N–H and O–H groups in total. The zero-order valence-electron chi connectivity index (χ0n) is 16.4. The molecule has 4 heteroatoms. The van der Waals surface area contributed by atoms with Gasteiger partial charge in [-0.25, -0.2) is 0 Å². The molecule has 0 amide bonds. The van der Waals surface area contributed by atoms with Crippen LogP contribution in [-0.2, 0) is 0 Å². The fourth-order valence-corrected chi connectivity index (χ4v) is 3.96. The van der Waals surface area contributed by atoms with Crippen LogP contribution in [0.4, 0.5) is 0 Å². The number of halogens is 1. The Hall–Kier alpha value is -0.770. The van der Waals surface area contributed by atoms with Crippen molar-refractivity contribution in [3.8, 4) is 5.75 Å². The molecule has 3 nitrogen and oxygen atoms in total. The highest BCUT2D eigenvalue weighted by Gasteiger charge is 2.30. The molecule has 4 atom stereocenters. The molecule has 0 unspecified atom stereocenters. The molecular weight excluding hydrogens is 334 g/mol. The van der Waals surface area contributed by atoms with Gasteiger partial charge < -0.3 is 15.2 Å². The number of hydrogen-bond donors (Lipinski definition) is 2. The minimum absolute atomic E-state index is 0.327. The standard InChI is InChI=1S/C21H34ClNO2/c1-13(2)18-10-19(22)15(4)9-21(18)25-12-17(24)11-23-20-8-6-7-14(3)16(20)5/h9-10,13-14,16-17,20,23-24H,6-8,11-12H2,1-5H3/p+1/t14-,16-,17+,20+/m0/s1. The Morgan fingerprint density at radius 3 is 2.68 bits per heavy atom. The number of ether oxygens (including phenoxy) is 1. The molecule has 1 aromatic carbocycles. The van der Waals surface area contributed by atoms with Crippen molar-refractivity contribution < 1.29 is 15.2 Å². The van der Waals surface area contributed by atoms with Crippen molar-refractivity contribution in [3.05, 3.63) is 28.3 Å². The summed E-state index contributed by atoms with van der Waals surface area (Å²) in [6.45, 7) is 12.0. The SMILES string of the molecule is Cc1cc(OC[C@H](O)C[NH2+][C@@H]2CCC[C@H](C)[C@@H]2C)c(C(C)C)cc1Cl. The van der Waals surface area contributed by atoms with Crippen LogP contribution in [0.15, 0.2) is 12.1 Å². The quantitative estimate of drug-likeness (QED) is 0.766. The second-order valence-electron chi connectivity index (χ2n) is 8.16. The molecule has 0 radical (unpaired) electrons.